The molecule has 1 aliphatic carbocycles. The van der Waals surface area contributed by atoms with E-state index in [2.05, 4.69) is 6.26 Å². The van der Waals surface area contributed by atoms with Crippen LogP contribution in [0.4, 0.5) is 0 Å². The van der Waals surface area contributed by atoms with E-state index in [0.29, 0.717) is 6.54 Å². The van der Waals surface area contributed by atoms with E-state index in [9.17, 15) is 9.59 Å². The Bertz CT molecular complexity index is 407. The van der Waals surface area contributed by atoms with Crippen LogP contribution in [0, 0.1) is 0 Å². The summed E-state index contributed by atoms with van der Waals surface area (Å²) in [6.07, 6.45) is 10.2. The van der Waals surface area contributed by atoms with Crippen LogP contribution in [0.25, 0.3) is 0 Å². The number of nitrogens with zero attached hydrogens (tertiary/aromatic N) is 2. The second-order valence-electron chi connectivity index (χ2n) is 6.39. The van der Waals surface area contributed by atoms with Gasteiger partial charge in [0.2, 0.25) is 11.8 Å². The van der Waals surface area contributed by atoms with Gasteiger partial charge in [0.1, 0.15) is 6.04 Å². The second kappa shape index (κ2) is 5.58. The van der Waals surface area contributed by atoms with Crippen LogP contribution in [-0.4, -0.2) is 58.3 Å². The van der Waals surface area contributed by atoms with E-state index in [1.807, 2.05) is 16.7 Å². The highest BCUT2D eigenvalue weighted by Crippen LogP contribution is 2.40. The van der Waals surface area contributed by atoms with Gasteiger partial charge in [-0.3, -0.25) is 9.59 Å². The molecule has 2 amide bonds. The molecule has 0 bridgehead atoms. The molecule has 1 atom stereocenters. The van der Waals surface area contributed by atoms with Crippen molar-refractivity contribution in [2.75, 3.05) is 25.9 Å². The summed E-state index contributed by atoms with van der Waals surface area (Å²) >= 11 is 1.90. The van der Waals surface area contributed by atoms with Crippen molar-refractivity contribution in [3.8, 4) is 0 Å². The minimum atomic E-state index is -0.154. The third kappa shape index (κ3) is 2.45. The summed E-state index contributed by atoms with van der Waals surface area (Å²) in [5, 5.41) is 0. The standard InChI is InChI=1S/C15H24N2O2S/c1-20-15(7-3-2-4-8-15)11-16-10-13(18)17-9-5-6-12(17)14(16)19/h12H,2-11H2,1H3. The fraction of sp³-hybridized carbons (Fsp3) is 0.867. The number of hydrogen-bond donors (Lipinski definition) is 0. The molecule has 5 heteroatoms. The normalized spacial score (nSPS) is 29.8. The number of carbonyl (C=O) groups is 2. The average molecular weight is 296 g/mol. The molecule has 2 heterocycles. The summed E-state index contributed by atoms with van der Waals surface area (Å²) < 4.78 is 0.189. The second-order valence-corrected chi connectivity index (χ2v) is 7.66. The average Bonchev–Trinajstić information content (AvgIpc) is 2.96. The molecule has 0 aromatic rings. The fourth-order valence-electron chi connectivity index (χ4n) is 3.97. The van der Waals surface area contributed by atoms with Crippen molar-refractivity contribution < 1.29 is 9.59 Å². The van der Waals surface area contributed by atoms with Crippen LogP contribution < -0.4 is 0 Å². The first-order chi connectivity index (χ1) is 9.65. The van der Waals surface area contributed by atoms with Crippen molar-refractivity contribution in [2.45, 2.75) is 55.7 Å². The summed E-state index contributed by atoms with van der Waals surface area (Å²) in [7, 11) is 0. The van der Waals surface area contributed by atoms with Gasteiger partial charge in [-0.2, -0.15) is 11.8 Å². The maximum absolute atomic E-state index is 12.6. The van der Waals surface area contributed by atoms with Crippen molar-refractivity contribution in [1.82, 2.24) is 9.80 Å². The number of rotatable bonds is 3. The number of piperazine rings is 1. The van der Waals surface area contributed by atoms with Gasteiger partial charge >= 0.3 is 0 Å². The van der Waals surface area contributed by atoms with Crippen LogP contribution in [0.3, 0.4) is 0 Å². The summed E-state index contributed by atoms with van der Waals surface area (Å²) in [6, 6.07) is -0.154. The highest BCUT2D eigenvalue weighted by Gasteiger charge is 2.44. The summed E-state index contributed by atoms with van der Waals surface area (Å²) in [4.78, 5) is 28.5. The molecule has 3 rings (SSSR count). The van der Waals surface area contributed by atoms with Crippen molar-refractivity contribution in [1.29, 1.82) is 0 Å². The maximum atomic E-state index is 12.6. The van der Waals surface area contributed by atoms with Crippen molar-refractivity contribution in [2.24, 2.45) is 0 Å². The van der Waals surface area contributed by atoms with Gasteiger partial charge in [-0.25, -0.2) is 0 Å². The van der Waals surface area contributed by atoms with Crippen LogP contribution in [0.2, 0.25) is 0 Å². The molecule has 3 fully saturated rings. The highest BCUT2D eigenvalue weighted by atomic mass is 32.2. The Morgan fingerprint density at radius 1 is 1.20 bits per heavy atom. The van der Waals surface area contributed by atoms with E-state index in [1.54, 1.807) is 4.90 Å². The van der Waals surface area contributed by atoms with Gasteiger partial charge < -0.3 is 9.80 Å². The van der Waals surface area contributed by atoms with E-state index in [1.165, 1.54) is 32.1 Å². The van der Waals surface area contributed by atoms with Gasteiger partial charge in [-0.1, -0.05) is 19.3 Å². The number of fused-ring (bicyclic) bond motifs is 1. The zero-order valence-corrected chi connectivity index (χ0v) is 13.1. The predicted molar refractivity (Wildman–Crippen MR) is 80.6 cm³/mol. The molecule has 2 saturated heterocycles. The molecular weight excluding hydrogens is 272 g/mol. The lowest BCUT2D eigenvalue weighted by Gasteiger charge is -2.43. The van der Waals surface area contributed by atoms with Gasteiger partial charge in [-0.05, 0) is 31.9 Å². The Balaban J connectivity index is 1.73. The van der Waals surface area contributed by atoms with Crippen LogP contribution in [0.1, 0.15) is 44.9 Å². The lowest BCUT2D eigenvalue weighted by Crippen LogP contribution is -2.60. The van der Waals surface area contributed by atoms with E-state index in [0.717, 1.165) is 25.9 Å². The lowest BCUT2D eigenvalue weighted by atomic mass is 9.87. The zero-order chi connectivity index (χ0) is 14.2. The van der Waals surface area contributed by atoms with Crippen molar-refractivity contribution in [3.63, 3.8) is 0 Å². The van der Waals surface area contributed by atoms with Gasteiger partial charge in [0.15, 0.2) is 0 Å². The van der Waals surface area contributed by atoms with Crippen LogP contribution in [-0.2, 0) is 9.59 Å². The van der Waals surface area contributed by atoms with Crippen LogP contribution >= 0.6 is 11.8 Å². The molecule has 0 aromatic heterocycles. The van der Waals surface area contributed by atoms with Crippen LogP contribution in [0.5, 0.6) is 0 Å². The Labute approximate surface area is 125 Å². The monoisotopic (exact) mass is 296 g/mol. The van der Waals surface area contributed by atoms with E-state index in [4.69, 9.17) is 0 Å². The first kappa shape index (κ1) is 14.2. The summed E-state index contributed by atoms with van der Waals surface area (Å²) in [5.41, 5.74) is 0. The molecule has 2 aliphatic heterocycles. The lowest BCUT2D eigenvalue weighted by molar-refractivity contribution is -0.154. The molecule has 4 nitrogen and oxygen atoms in total. The third-order valence-corrected chi connectivity index (χ3v) is 6.58. The molecule has 0 spiro atoms. The Morgan fingerprint density at radius 3 is 2.65 bits per heavy atom. The first-order valence-corrected chi connectivity index (χ1v) is 9.01. The van der Waals surface area contributed by atoms with Gasteiger partial charge in [0, 0.05) is 17.8 Å². The quantitative estimate of drug-likeness (QED) is 0.798. The maximum Gasteiger partial charge on any atom is 0.245 e. The topological polar surface area (TPSA) is 40.6 Å². The SMILES string of the molecule is CSC1(CN2CC(=O)N3CCCC3C2=O)CCCCC1. The molecule has 0 radical (unpaired) electrons. The largest absolute Gasteiger partial charge is 0.330 e. The van der Waals surface area contributed by atoms with E-state index >= 15 is 0 Å². The smallest absolute Gasteiger partial charge is 0.245 e. The molecule has 112 valence electrons. The Morgan fingerprint density at radius 2 is 1.95 bits per heavy atom. The molecule has 0 aromatic carbocycles. The Kier molecular flexibility index (Phi) is 3.98. The Hall–Kier alpha value is -0.710. The molecule has 1 saturated carbocycles. The van der Waals surface area contributed by atoms with Crippen molar-refractivity contribution in [3.05, 3.63) is 0 Å². The van der Waals surface area contributed by atoms with Gasteiger partial charge in [-0.15, -0.1) is 0 Å². The number of thioether (sulfide) groups is 1. The van der Waals surface area contributed by atoms with Crippen LogP contribution in [0.15, 0.2) is 0 Å². The molecule has 3 aliphatic rings. The third-order valence-electron chi connectivity index (χ3n) is 5.17. The predicted octanol–water partition coefficient (Wildman–Crippen LogP) is 1.89. The number of carbonyl (C=O) groups excluding carboxylic acids is 2. The molecule has 0 N–H and O–H groups in total. The zero-order valence-electron chi connectivity index (χ0n) is 12.3. The minimum absolute atomic E-state index is 0.152. The fourth-order valence-corrected chi connectivity index (χ4v) is 4.95. The van der Waals surface area contributed by atoms with Gasteiger partial charge in [0.05, 0.1) is 6.54 Å². The highest BCUT2D eigenvalue weighted by molar-refractivity contribution is 8.00. The van der Waals surface area contributed by atoms with E-state index in [-0.39, 0.29) is 22.6 Å². The van der Waals surface area contributed by atoms with Crippen molar-refractivity contribution >= 4 is 23.6 Å². The molecular formula is C15H24N2O2S. The van der Waals surface area contributed by atoms with E-state index < -0.39 is 0 Å². The molecule has 1 unspecified atom stereocenters. The first-order valence-electron chi connectivity index (χ1n) is 7.79. The number of amides is 2. The van der Waals surface area contributed by atoms with Gasteiger partial charge in [0.25, 0.3) is 0 Å². The summed E-state index contributed by atoms with van der Waals surface area (Å²) in [6.45, 7) is 1.84. The molecule has 20 heavy (non-hydrogen) atoms. The number of hydrogen-bond acceptors (Lipinski definition) is 3. The minimum Gasteiger partial charge on any atom is -0.330 e. The summed E-state index contributed by atoms with van der Waals surface area (Å²) in [5.74, 6) is 0.347.